The third-order valence-corrected chi connectivity index (χ3v) is 24.9. The van der Waals surface area contributed by atoms with Crippen molar-refractivity contribution in [3.8, 4) is 5.75 Å². The van der Waals surface area contributed by atoms with E-state index < -0.39 is 106 Å². The van der Waals surface area contributed by atoms with E-state index in [1.807, 2.05) is 26.2 Å². The monoisotopic (exact) mass is 1020 g/mol. The van der Waals surface area contributed by atoms with Gasteiger partial charge in [-0.1, -0.05) is 71.1 Å². The van der Waals surface area contributed by atoms with E-state index in [1.54, 1.807) is 27.7 Å². The molecule has 1 aromatic heterocycles. The molecule has 0 aliphatic rings. The molecule has 0 radical (unpaired) electrons. The average molecular weight is 1020 g/mol. The molecule has 0 spiro atoms. The van der Waals surface area contributed by atoms with Gasteiger partial charge < -0.3 is 22.6 Å². The first-order valence-corrected chi connectivity index (χ1v) is 30.3. The fraction of sp³-hybridized carbons (Fsp3) is 0.595. The number of esters is 1. The van der Waals surface area contributed by atoms with Crippen LogP contribution in [0.1, 0.15) is 97.3 Å². The normalized spacial score (nSPS) is 13.8. The highest BCUT2D eigenvalue weighted by Gasteiger charge is 2.55. The molecule has 360 valence electrons. The Morgan fingerprint density at radius 3 is 1.47 bits per heavy atom. The Morgan fingerprint density at radius 2 is 1.06 bits per heavy atom. The van der Waals surface area contributed by atoms with Gasteiger partial charge in [0.05, 0.1) is 24.4 Å². The highest BCUT2D eigenvalue weighted by Crippen LogP contribution is 2.67. The number of hydrogen-bond donors (Lipinski definition) is 0. The Bertz CT molecular complexity index is 2160. The maximum Gasteiger partial charge on any atom is 0.404 e. The summed E-state index contributed by atoms with van der Waals surface area (Å²) < 4.78 is 145. The van der Waals surface area contributed by atoms with Gasteiger partial charge in [-0.2, -0.15) is 17.6 Å². The molecule has 9 nitrogen and oxygen atoms in total. The Kier molecular flexibility index (Phi) is 18.2. The molecule has 3 rings (SSSR count). The van der Waals surface area contributed by atoms with Crippen LogP contribution in [0.25, 0.3) is 10.1 Å². The number of hydrogen-bond acceptors (Lipinski definition) is 12. The van der Waals surface area contributed by atoms with Crippen LogP contribution >= 0.6 is 42.5 Å². The number of thioether (sulfide) groups is 2. The lowest BCUT2D eigenvalue weighted by Crippen LogP contribution is -2.48. The maximum atomic E-state index is 16.5. The first kappa shape index (κ1) is 56.2. The molecule has 0 bridgehead atoms. The number of carbonyl (C=O) groups excluding carboxylic acids is 3. The lowest BCUT2D eigenvalue weighted by Gasteiger charge is -2.42. The number of fused-ring (bicyclic) bond motifs is 1. The number of thiophene rings is 1. The number of rotatable bonds is 20. The van der Waals surface area contributed by atoms with E-state index in [1.165, 1.54) is 0 Å². The summed E-state index contributed by atoms with van der Waals surface area (Å²) in [4.78, 5) is 38.4. The van der Waals surface area contributed by atoms with Gasteiger partial charge >= 0.3 is 19.2 Å². The molecule has 0 unspecified atom stereocenters. The van der Waals surface area contributed by atoms with Crippen LogP contribution in [0, 0.1) is 29.1 Å². The Labute approximate surface area is 385 Å². The molecule has 0 saturated carbocycles. The van der Waals surface area contributed by atoms with Crippen LogP contribution in [0.15, 0.2) is 24.3 Å². The van der Waals surface area contributed by atoms with Gasteiger partial charge in [0.15, 0.2) is 26.9 Å². The van der Waals surface area contributed by atoms with E-state index in [0.717, 1.165) is 47.8 Å². The van der Waals surface area contributed by atoms with Crippen molar-refractivity contribution in [3.63, 3.8) is 0 Å². The van der Waals surface area contributed by atoms with E-state index in [2.05, 4.69) is 46.3 Å². The number of carbonyl (C=O) groups is 3. The van der Waals surface area contributed by atoms with Gasteiger partial charge in [0.25, 0.3) is 0 Å². The summed E-state index contributed by atoms with van der Waals surface area (Å²) in [6, 6.07) is 3.82. The van der Waals surface area contributed by atoms with E-state index in [9.17, 15) is 40.9 Å². The fourth-order valence-corrected chi connectivity index (χ4v) is 13.6. The van der Waals surface area contributed by atoms with Crippen LogP contribution < -0.4 is 4.74 Å². The first-order chi connectivity index (χ1) is 28.9. The second-order valence-electron chi connectivity index (χ2n) is 19.4. The van der Waals surface area contributed by atoms with E-state index in [-0.39, 0.29) is 54.7 Å². The third kappa shape index (κ3) is 14.0. The summed E-state index contributed by atoms with van der Waals surface area (Å²) >= 11 is 2.15. The van der Waals surface area contributed by atoms with E-state index in [4.69, 9.17) is 17.9 Å². The molecule has 3 aromatic rings. The molecule has 64 heavy (non-hydrogen) atoms. The Morgan fingerprint density at radius 1 is 0.656 bits per heavy atom. The second kappa shape index (κ2) is 20.7. The van der Waals surface area contributed by atoms with Crippen molar-refractivity contribution in [1.29, 1.82) is 0 Å². The summed E-state index contributed by atoms with van der Waals surface area (Å²) in [6.07, 6.45) is -0.00947. The largest absolute Gasteiger partial charge is 0.416 e. The molecule has 1 heterocycles. The zero-order valence-corrected chi connectivity index (χ0v) is 43.9. The highest BCUT2D eigenvalue weighted by molar-refractivity contribution is 8.13. The molecule has 2 aromatic carbocycles. The smallest absolute Gasteiger partial charge is 0.404 e. The summed E-state index contributed by atoms with van der Waals surface area (Å²) in [5.74, 6) is -15.7. The van der Waals surface area contributed by atoms with Crippen molar-refractivity contribution in [2.45, 2.75) is 135 Å². The van der Waals surface area contributed by atoms with Crippen molar-refractivity contribution in [1.82, 2.24) is 0 Å². The van der Waals surface area contributed by atoms with Gasteiger partial charge in [-0.15, -0.1) is 11.3 Å². The summed E-state index contributed by atoms with van der Waals surface area (Å²) in [5, 5.41) is -0.961. The topological polar surface area (TPSA) is 114 Å². The van der Waals surface area contributed by atoms with Gasteiger partial charge in [-0.25, -0.2) is 18.0 Å². The number of benzene rings is 2. The van der Waals surface area contributed by atoms with Crippen LogP contribution in [-0.2, 0) is 37.7 Å². The SMILES string of the molecule is CC(C)(CC(=O)SCCOP(=O)(OCCSC(=O)CC(C)(C)O[Si](C)(C)C(C)(C)C)C(F)(F)c1ccc2sc(C(=O)Oc3c(F)c(F)c(F)c(F)c3F)cc2c1)O[Si](C)(C)C(C)(C)C. The molecule has 0 aliphatic carbocycles. The number of alkyl halides is 2. The van der Waals surface area contributed by atoms with Crippen molar-refractivity contribution in [3.05, 3.63) is 63.8 Å². The van der Waals surface area contributed by atoms with Crippen LogP contribution in [0.2, 0.25) is 36.3 Å². The molecule has 0 aliphatic heterocycles. The molecular weight excluding hydrogens is 965 g/mol. The molecule has 0 N–H and O–H groups in total. The minimum Gasteiger partial charge on any atom is -0.416 e. The van der Waals surface area contributed by atoms with Gasteiger partial charge in [0.2, 0.25) is 34.8 Å². The maximum absolute atomic E-state index is 16.5. The molecule has 0 amide bonds. The van der Waals surface area contributed by atoms with E-state index in [0.29, 0.717) is 11.3 Å². The second-order valence-corrected chi connectivity index (χ2v) is 34.3. The van der Waals surface area contributed by atoms with Gasteiger partial charge in [-0.3, -0.25) is 14.2 Å². The summed E-state index contributed by atoms with van der Waals surface area (Å²) in [6.45, 7) is 26.5. The lowest BCUT2D eigenvalue weighted by atomic mass is 10.1. The van der Waals surface area contributed by atoms with Gasteiger partial charge in [0, 0.05) is 34.6 Å². The quantitative estimate of drug-likeness (QED) is 0.0157. The number of halogens is 7. The average Bonchev–Trinajstić information content (AvgIpc) is 3.57. The van der Waals surface area contributed by atoms with Crippen molar-refractivity contribution >= 4 is 85.4 Å². The summed E-state index contributed by atoms with van der Waals surface area (Å²) in [5.41, 5.74) is -6.94. The highest BCUT2D eigenvalue weighted by atomic mass is 32.2. The zero-order chi connectivity index (χ0) is 49.2. The lowest BCUT2D eigenvalue weighted by molar-refractivity contribution is -0.115. The predicted octanol–water partition coefficient (Wildman–Crippen LogP) is 14.0. The standard InChI is InChI=1S/C42H58F7O9PS3Si2/c1-38(2,3)63(11,12)57-40(7,8)23-29(50)60-19-17-54-59(53,55-18-20-61-30(51)24-41(9,10)58-64(13,14)39(4,5)6)42(48,49)26-15-16-27-25(21-26)22-28(62-27)37(52)56-36-34(46)32(44)31(43)33(45)35(36)47/h15-16,21-22H,17-20,23-24H2,1-14H3. The summed E-state index contributed by atoms with van der Waals surface area (Å²) in [7, 11) is -10.0. The fourth-order valence-electron chi connectivity index (χ4n) is 5.69. The van der Waals surface area contributed by atoms with Gasteiger partial charge in [0.1, 0.15) is 4.88 Å². The minimum absolute atomic E-state index is 0.00474. The van der Waals surface area contributed by atoms with Crippen LogP contribution in [-0.4, -0.2) is 68.8 Å². The Balaban J connectivity index is 1.83. The van der Waals surface area contributed by atoms with E-state index >= 15 is 8.78 Å². The van der Waals surface area contributed by atoms with Crippen molar-refractivity contribution < 1.29 is 72.3 Å². The van der Waals surface area contributed by atoms with Crippen LogP contribution in [0.5, 0.6) is 5.75 Å². The minimum atomic E-state index is -5.49. The van der Waals surface area contributed by atoms with Crippen molar-refractivity contribution in [2.24, 2.45) is 0 Å². The molecular formula is C42H58F7O9PS3Si2. The Hall–Kier alpha value is -2.08. The first-order valence-electron chi connectivity index (χ1n) is 20.1. The predicted molar refractivity (Wildman–Crippen MR) is 245 cm³/mol. The molecule has 0 atom stereocenters. The van der Waals surface area contributed by atoms with Crippen LogP contribution in [0.3, 0.4) is 0 Å². The number of ether oxygens (including phenoxy) is 1. The zero-order valence-electron chi connectivity index (χ0n) is 38.5. The van der Waals surface area contributed by atoms with Crippen LogP contribution in [0.4, 0.5) is 30.7 Å². The molecule has 0 saturated heterocycles. The van der Waals surface area contributed by atoms with Gasteiger partial charge in [-0.05, 0) is 87.5 Å². The van der Waals surface area contributed by atoms with Crippen molar-refractivity contribution in [2.75, 3.05) is 24.7 Å². The molecule has 0 fully saturated rings. The third-order valence-electron chi connectivity index (χ3n) is 10.8. The molecule has 22 heteroatoms.